The van der Waals surface area contributed by atoms with Gasteiger partial charge in [-0.05, 0) is 18.6 Å². The van der Waals surface area contributed by atoms with Crippen LogP contribution in [0, 0.1) is 5.92 Å². The van der Waals surface area contributed by atoms with E-state index in [1.807, 2.05) is 18.2 Å². The quantitative estimate of drug-likeness (QED) is 0.819. The van der Waals surface area contributed by atoms with Gasteiger partial charge in [0.15, 0.2) is 0 Å². The smallest absolute Gasteiger partial charge is 0.144 e. The van der Waals surface area contributed by atoms with E-state index in [-0.39, 0.29) is 6.10 Å². The van der Waals surface area contributed by atoms with Crippen LogP contribution in [0.1, 0.15) is 6.42 Å². The maximum atomic E-state index is 6.00. The van der Waals surface area contributed by atoms with Gasteiger partial charge in [-0.3, -0.25) is 0 Å². The van der Waals surface area contributed by atoms with Crippen molar-refractivity contribution in [1.82, 2.24) is 4.98 Å². The van der Waals surface area contributed by atoms with Crippen molar-refractivity contribution in [3.05, 3.63) is 36.0 Å². The van der Waals surface area contributed by atoms with E-state index in [0.29, 0.717) is 10.9 Å². The number of rotatable bonds is 4. The minimum atomic E-state index is 0.148. The first-order valence-corrected chi connectivity index (χ1v) is 5.77. The van der Waals surface area contributed by atoms with Crippen LogP contribution in [-0.4, -0.2) is 24.2 Å². The number of aromatic nitrogens is 1. The molecule has 2 heterocycles. The van der Waals surface area contributed by atoms with Crippen molar-refractivity contribution in [3.63, 3.8) is 0 Å². The van der Waals surface area contributed by atoms with Crippen LogP contribution in [0.2, 0.25) is 5.02 Å². The Morgan fingerprint density at radius 1 is 1.69 bits per heavy atom. The third-order valence-electron chi connectivity index (χ3n) is 2.79. The van der Waals surface area contributed by atoms with E-state index in [4.69, 9.17) is 16.3 Å². The van der Waals surface area contributed by atoms with E-state index >= 15 is 0 Å². The maximum absolute atomic E-state index is 6.00. The average Bonchev–Trinajstić information content (AvgIpc) is 2.75. The lowest BCUT2D eigenvalue weighted by atomic mass is 10.0. The molecule has 1 aliphatic rings. The molecule has 0 aliphatic carbocycles. The standard InChI is InChI=1S/C12H15ClN2O/c1-2-11-9(5-7-16-11)8-15-12-10(13)4-3-6-14-12/h2-4,6,9,11H,1,5,7-8H2,(H,14,15)/t9-,11-/m0/s1. The first-order chi connectivity index (χ1) is 7.81. The molecular weight excluding hydrogens is 224 g/mol. The molecule has 0 spiro atoms. The molecule has 1 N–H and O–H groups in total. The molecule has 86 valence electrons. The Morgan fingerprint density at radius 3 is 3.31 bits per heavy atom. The van der Waals surface area contributed by atoms with Crippen LogP contribution in [0.3, 0.4) is 0 Å². The summed E-state index contributed by atoms with van der Waals surface area (Å²) in [5, 5.41) is 3.90. The predicted molar refractivity (Wildman–Crippen MR) is 65.8 cm³/mol. The van der Waals surface area contributed by atoms with Gasteiger partial charge >= 0.3 is 0 Å². The monoisotopic (exact) mass is 238 g/mol. The molecule has 0 radical (unpaired) electrons. The maximum Gasteiger partial charge on any atom is 0.144 e. The molecule has 0 bridgehead atoms. The normalized spacial score (nSPS) is 24.3. The van der Waals surface area contributed by atoms with Crippen molar-refractivity contribution in [2.75, 3.05) is 18.5 Å². The number of halogens is 1. The summed E-state index contributed by atoms with van der Waals surface area (Å²) in [5.74, 6) is 1.19. The molecule has 1 aromatic heterocycles. The lowest BCUT2D eigenvalue weighted by Crippen LogP contribution is -2.22. The third kappa shape index (κ3) is 2.54. The van der Waals surface area contributed by atoms with Gasteiger partial charge in [-0.25, -0.2) is 4.98 Å². The van der Waals surface area contributed by atoms with E-state index < -0.39 is 0 Å². The van der Waals surface area contributed by atoms with E-state index in [1.165, 1.54) is 0 Å². The highest BCUT2D eigenvalue weighted by atomic mass is 35.5. The molecule has 16 heavy (non-hydrogen) atoms. The van der Waals surface area contributed by atoms with Crippen molar-refractivity contribution in [1.29, 1.82) is 0 Å². The molecule has 0 aromatic carbocycles. The van der Waals surface area contributed by atoms with Gasteiger partial charge in [-0.2, -0.15) is 0 Å². The van der Waals surface area contributed by atoms with Gasteiger partial charge < -0.3 is 10.1 Å². The van der Waals surface area contributed by atoms with Gasteiger partial charge in [0.25, 0.3) is 0 Å². The number of hydrogen-bond acceptors (Lipinski definition) is 3. The first-order valence-electron chi connectivity index (χ1n) is 5.40. The van der Waals surface area contributed by atoms with Gasteiger partial charge in [0, 0.05) is 25.3 Å². The Morgan fingerprint density at radius 2 is 2.56 bits per heavy atom. The lowest BCUT2D eigenvalue weighted by molar-refractivity contribution is 0.130. The molecular formula is C12H15ClN2O. The van der Waals surface area contributed by atoms with Gasteiger partial charge in [-0.15, -0.1) is 6.58 Å². The fraction of sp³-hybridized carbons (Fsp3) is 0.417. The summed E-state index contributed by atoms with van der Waals surface area (Å²) in [6, 6.07) is 3.64. The second-order valence-electron chi connectivity index (χ2n) is 3.83. The molecule has 1 aliphatic heterocycles. The summed E-state index contributed by atoms with van der Waals surface area (Å²) in [7, 11) is 0. The van der Waals surface area contributed by atoms with Crippen LogP contribution in [0.5, 0.6) is 0 Å². The molecule has 0 saturated carbocycles. The molecule has 0 unspecified atom stereocenters. The highest BCUT2D eigenvalue weighted by Gasteiger charge is 2.25. The third-order valence-corrected chi connectivity index (χ3v) is 3.09. The van der Waals surface area contributed by atoms with Crippen LogP contribution >= 0.6 is 11.6 Å². The molecule has 1 saturated heterocycles. The zero-order chi connectivity index (χ0) is 11.4. The van der Waals surface area contributed by atoms with Gasteiger partial charge in [0.1, 0.15) is 5.82 Å². The summed E-state index contributed by atoms with van der Waals surface area (Å²) in [6.45, 7) is 5.39. The number of hydrogen-bond donors (Lipinski definition) is 1. The molecule has 2 atom stereocenters. The van der Waals surface area contributed by atoms with Crippen molar-refractivity contribution >= 4 is 17.4 Å². The molecule has 1 aromatic rings. The van der Waals surface area contributed by atoms with Crippen LogP contribution < -0.4 is 5.32 Å². The Balaban J connectivity index is 1.92. The highest BCUT2D eigenvalue weighted by molar-refractivity contribution is 6.32. The van der Waals surface area contributed by atoms with Crippen molar-refractivity contribution in [2.24, 2.45) is 5.92 Å². The Hall–Kier alpha value is -1.06. The van der Waals surface area contributed by atoms with Crippen molar-refractivity contribution in [2.45, 2.75) is 12.5 Å². The van der Waals surface area contributed by atoms with E-state index in [9.17, 15) is 0 Å². The molecule has 3 nitrogen and oxygen atoms in total. The molecule has 1 fully saturated rings. The summed E-state index contributed by atoms with van der Waals surface area (Å²) < 4.78 is 5.52. The summed E-state index contributed by atoms with van der Waals surface area (Å²) in [4.78, 5) is 4.18. The van der Waals surface area contributed by atoms with E-state index in [2.05, 4.69) is 16.9 Å². The average molecular weight is 239 g/mol. The van der Waals surface area contributed by atoms with Gasteiger partial charge in [0.2, 0.25) is 0 Å². The number of ether oxygens (including phenoxy) is 1. The van der Waals surface area contributed by atoms with E-state index in [0.717, 1.165) is 25.4 Å². The molecule has 2 rings (SSSR count). The fourth-order valence-electron chi connectivity index (χ4n) is 1.88. The predicted octanol–water partition coefficient (Wildman–Crippen LogP) is 2.74. The molecule has 4 heteroatoms. The summed E-state index contributed by atoms with van der Waals surface area (Å²) in [5.41, 5.74) is 0. The number of anilines is 1. The van der Waals surface area contributed by atoms with Crippen LogP contribution in [-0.2, 0) is 4.74 Å². The minimum Gasteiger partial charge on any atom is -0.374 e. The molecule has 0 amide bonds. The van der Waals surface area contributed by atoms with Crippen LogP contribution in [0.15, 0.2) is 31.0 Å². The van der Waals surface area contributed by atoms with Gasteiger partial charge in [0.05, 0.1) is 11.1 Å². The highest BCUT2D eigenvalue weighted by Crippen LogP contribution is 2.23. The zero-order valence-electron chi connectivity index (χ0n) is 9.03. The number of nitrogens with one attached hydrogen (secondary N) is 1. The Bertz CT molecular complexity index is 370. The fourth-order valence-corrected chi connectivity index (χ4v) is 2.07. The topological polar surface area (TPSA) is 34.1 Å². The van der Waals surface area contributed by atoms with Crippen molar-refractivity contribution in [3.8, 4) is 0 Å². The lowest BCUT2D eigenvalue weighted by Gasteiger charge is -2.16. The minimum absolute atomic E-state index is 0.148. The van der Waals surface area contributed by atoms with E-state index in [1.54, 1.807) is 6.20 Å². The van der Waals surface area contributed by atoms with Crippen LogP contribution in [0.25, 0.3) is 0 Å². The number of pyridine rings is 1. The Kier molecular flexibility index (Phi) is 3.80. The SMILES string of the molecule is C=C[C@@H]1OCC[C@H]1CNc1ncccc1Cl. The second-order valence-corrected chi connectivity index (χ2v) is 4.24. The van der Waals surface area contributed by atoms with Gasteiger partial charge in [-0.1, -0.05) is 17.7 Å². The summed E-state index contributed by atoms with van der Waals surface area (Å²) >= 11 is 6.00. The second kappa shape index (κ2) is 5.32. The number of nitrogens with zero attached hydrogens (tertiary/aromatic N) is 1. The van der Waals surface area contributed by atoms with Crippen LogP contribution in [0.4, 0.5) is 5.82 Å². The zero-order valence-corrected chi connectivity index (χ0v) is 9.78. The summed E-state index contributed by atoms with van der Waals surface area (Å²) in [6.07, 6.45) is 4.78. The first kappa shape index (κ1) is 11.4. The Labute approximate surface area is 100 Å². The van der Waals surface area contributed by atoms with Crippen molar-refractivity contribution < 1.29 is 4.74 Å². The largest absolute Gasteiger partial charge is 0.374 e.